The Kier molecular flexibility index (Phi) is 3.15. The van der Waals surface area contributed by atoms with Crippen LogP contribution in [-0.2, 0) is 0 Å². The van der Waals surface area contributed by atoms with Gasteiger partial charge in [-0.15, -0.1) is 0 Å². The van der Waals surface area contributed by atoms with Gasteiger partial charge >= 0.3 is 0 Å². The van der Waals surface area contributed by atoms with Crippen molar-refractivity contribution in [1.29, 1.82) is 0 Å². The Morgan fingerprint density at radius 2 is 0.800 bits per heavy atom. The first-order chi connectivity index (χ1) is 9.76. The van der Waals surface area contributed by atoms with Gasteiger partial charge in [0.1, 0.15) is 0 Å². The minimum Gasteiger partial charge on any atom is -0.238 e. The van der Waals surface area contributed by atoms with Gasteiger partial charge in [0, 0.05) is 50.3 Å². The van der Waals surface area contributed by atoms with E-state index in [0.717, 1.165) is 36.0 Å². The van der Waals surface area contributed by atoms with Crippen molar-refractivity contribution in [3.8, 4) is 0 Å². The van der Waals surface area contributed by atoms with Crippen molar-refractivity contribution in [2.75, 3.05) is 26.2 Å². The van der Waals surface area contributed by atoms with E-state index in [4.69, 9.17) is 0 Å². The molecule has 4 nitrogen and oxygen atoms in total. The second kappa shape index (κ2) is 4.67. The topological polar surface area (TPSA) is 13.0 Å². The van der Waals surface area contributed by atoms with Crippen LogP contribution in [0.4, 0.5) is 0 Å². The number of hydrogen-bond donors (Lipinski definition) is 0. The van der Waals surface area contributed by atoms with Gasteiger partial charge in [-0.25, -0.2) is 20.0 Å². The first kappa shape index (κ1) is 13.5. The molecule has 4 aliphatic rings. The standard InChI is InChI=1S/C16H30N4/c1-5-17-11-9-13-16-14(20(8-4)19(13)7-3)10-12(15(11)16)18(17)6-2/h11-16H,5-10H2,1-4H3/t11-,12+,13+,14-,15?,16?. The molecule has 0 N–H and O–H groups in total. The van der Waals surface area contributed by atoms with Crippen LogP contribution in [0, 0.1) is 11.8 Å². The average Bonchev–Trinajstić information content (AvgIpc) is 3.13. The third-order valence-electron chi connectivity index (χ3n) is 6.67. The molecule has 114 valence electrons. The largest absolute Gasteiger partial charge is 0.238 e. The summed E-state index contributed by atoms with van der Waals surface area (Å²) in [5, 5.41) is 10.9. The molecule has 4 fully saturated rings. The maximum Gasteiger partial charge on any atom is 0.0309 e. The van der Waals surface area contributed by atoms with Gasteiger partial charge in [0.05, 0.1) is 0 Å². The smallest absolute Gasteiger partial charge is 0.0309 e. The highest BCUT2D eigenvalue weighted by Gasteiger charge is 2.67. The van der Waals surface area contributed by atoms with Crippen LogP contribution in [-0.4, -0.2) is 70.4 Å². The lowest BCUT2D eigenvalue weighted by Gasteiger charge is -2.38. The van der Waals surface area contributed by atoms with E-state index in [-0.39, 0.29) is 0 Å². The molecule has 0 spiro atoms. The van der Waals surface area contributed by atoms with Crippen LogP contribution in [0.15, 0.2) is 0 Å². The Hall–Kier alpha value is -0.160. The molecule has 6 atom stereocenters. The fourth-order valence-electron chi connectivity index (χ4n) is 6.37. The van der Waals surface area contributed by atoms with E-state index in [1.807, 2.05) is 0 Å². The summed E-state index contributed by atoms with van der Waals surface area (Å²) in [6, 6.07) is 3.33. The minimum atomic E-state index is 0.831. The highest BCUT2D eigenvalue weighted by atomic mass is 15.7. The summed E-state index contributed by atoms with van der Waals surface area (Å²) >= 11 is 0. The summed E-state index contributed by atoms with van der Waals surface area (Å²) in [6.45, 7) is 14.1. The van der Waals surface area contributed by atoms with Crippen molar-refractivity contribution >= 4 is 0 Å². The zero-order valence-electron chi connectivity index (χ0n) is 13.5. The molecule has 0 bridgehead atoms. The minimum absolute atomic E-state index is 0.831. The molecule has 2 heterocycles. The lowest BCUT2D eigenvalue weighted by molar-refractivity contribution is -0.0661. The van der Waals surface area contributed by atoms with E-state index in [2.05, 4.69) is 47.7 Å². The van der Waals surface area contributed by atoms with Crippen LogP contribution >= 0.6 is 0 Å². The highest BCUT2D eigenvalue weighted by molar-refractivity contribution is 5.18. The normalized spacial score (nSPS) is 48.6. The first-order valence-corrected chi connectivity index (χ1v) is 8.83. The Labute approximate surface area is 123 Å². The van der Waals surface area contributed by atoms with Crippen molar-refractivity contribution in [2.45, 2.75) is 64.7 Å². The molecule has 2 aliphatic carbocycles. The van der Waals surface area contributed by atoms with Crippen LogP contribution in [0.3, 0.4) is 0 Å². The highest BCUT2D eigenvalue weighted by Crippen LogP contribution is 2.58. The van der Waals surface area contributed by atoms with Gasteiger partial charge in [-0.3, -0.25) is 0 Å². The lowest BCUT2D eigenvalue weighted by Crippen LogP contribution is -2.49. The molecule has 0 radical (unpaired) electrons. The second-order valence-corrected chi connectivity index (χ2v) is 6.92. The van der Waals surface area contributed by atoms with Crippen molar-refractivity contribution < 1.29 is 0 Å². The van der Waals surface area contributed by atoms with E-state index in [0.29, 0.717) is 0 Å². The molecular formula is C16H30N4. The summed E-state index contributed by atoms with van der Waals surface area (Å²) in [6.07, 6.45) is 2.80. The molecular weight excluding hydrogens is 248 g/mol. The predicted octanol–water partition coefficient (Wildman–Crippen LogP) is 1.65. The van der Waals surface area contributed by atoms with Crippen LogP contribution in [0.25, 0.3) is 0 Å². The van der Waals surface area contributed by atoms with Crippen LogP contribution < -0.4 is 0 Å². The van der Waals surface area contributed by atoms with Gasteiger partial charge in [-0.1, -0.05) is 27.7 Å². The van der Waals surface area contributed by atoms with E-state index < -0.39 is 0 Å². The molecule has 4 heteroatoms. The third kappa shape index (κ3) is 1.41. The summed E-state index contributed by atoms with van der Waals surface area (Å²) in [5.41, 5.74) is 0. The molecule has 2 unspecified atom stereocenters. The molecule has 0 aromatic heterocycles. The van der Waals surface area contributed by atoms with Crippen molar-refractivity contribution in [3.63, 3.8) is 0 Å². The molecule has 0 aromatic rings. The van der Waals surface area contributed by atoms with Gasteiger partial charge in [-0.2, -0.15) is 0 Å². The third-order valence-corrected chi connectivity index (χ3v) is 6.67. The molecule has 2 aliphatic heterocycles. The monoisotopic (exact) mass is 278 g/mol. The van der Waals surface area contributed by atoms with E-state index in [1.165, 1.54) is 39.0 Å². The summed E-state index contributed by atoms with van der Waals surface area (Å²) < 4.78 is 0. The summed E-state index contributed by atoms with van der Waals surface area (Å²) in [7, 11) is 0. The SMILES string of the molecule is CCN1[C@@H]2C[C@H]3C4C2[C@H](C[C@H]4N(CC)N3CC)N1CC. The first-order valence-electron chi connectivity index (χ1n) is 8.83. The number of rotatable bonds is 4. The molecule has 0 aromatic carbocycles. The number of hydrogen-bond acceptors (Lipinski definition) is 4. The fraction of sp³-hybridized carbons (Fsp3) is 1.00. The zero-order valence-corrected chi connectivity index (χ0v) is 13.5. The predicted molar refractivity (Wildman–Crippen MR) is 80.9 cm³/mol. The Morgan fingerprint density at radius 3 is 1.00 bits per heavy atom. The van der Waals surface area contributed by atoms with E-state index in [1.54, 1.807) is 0 Å². The lowest BCUT2D eigenvalue weighted by atomic mass is 9.93. The maximum atomic E-state index is 2.72. The van der Waals surface area contributed by atoms with Gasteiger partial charge in [-0.05, 0) is 24.7 Å². The molecule has 20 heavy (non-hydrogen) atoms. The van der Waals surface area contributed by atoms with Crippen molar-refractivity contribution in [2.24, 2.45) is 11.8 Å². The van der Waals surface area contributed by atoms with Gasteiger partial charge in [0.25, 0.3) is 0 Å². The van der Waals surface area contributed by atoms with Gasteiger partial charge in [0.2, 0.25) is 0 Å². The van der Waals surface area contributed by atoms with Crippen molar-refractivity contribution in [3.05, 3.63) is 0 Å². The maximum absolute atomic E-state index is 2.72. The second-order valence-electron chi connectivity index (χ2n) is 6.92. The average molecular weight is 278 g/mol. The quantitative estimate of drug-likeness (QED) is 0.775. The molecule has 0 amide bonds. The number of nitrogens with zero attached hydrogens (tertiary/aromatic N) is 4. The summed E-state index contributed by atoms with van der Waals surface area (Å²) in [4.78, 5) is 0. The number of hydrazine groups is 2. The Balaban J connectivity index is 1.69. The van der Waals surface area contributed by atoms with E-state index >= 15 is 0 Å². The van der Waals surface area contributed by atoms with Gasteiger partial charge < -0.3 is 0 Å². The van der Waals surface area contributed by atoms with Crippen LogP contribution in [0.2, 0.25) is 0 Å². The summed E-state index contributed by atoms with van der Waals surface area (Å²) in [5.74, 6) is 1.88. The van der Waals surface area contributed by atoms with Crippen molar-refractivity contribution in [1.82, 2.24) is 20.0 Å². The fourth-order valence-corrected chi connectivity index (χ4v) is 6.37. The van der Waals surface area contributed by atoms with E-state index in [9.17, 15) is 0 Å². The van der Waals surface area contributed by atoms with Crippen LogP contribution in [0.1, 0.15) is 40.5 Å². The Morgan fingerprint density at radius 1 is 0.550 bits per heavy atom. The zero-order chi connectivity index (χ0) is 14.0. The molecule has 2 saturated carbocycles. The van der Waals surface area contributed by atoms with Crippen LogP contribution in [0.5, 0.6) is 0 Å². The molecule has 4 rings (SSSR count). The molecule has 2 saturated heterocycles. The Bertz CT molecular complexity index is 319. The van der Waals surface area contributed by atoms with Gasteiger partial charge in [0.15, 0.2) is 0 Å².